The van der Waals surface area contributed by atoms with Crippen molar-refractivity contribution in [2.75, 3.05) is 29.5 Å². The van der Waals surface area contributed by atoms with Crippen LogP contribution in [0.4, 0.5) is 11.5 Å². The highest BCUT2D eigenvalue weighted by molar-refractivity contribution is 7.86. The number of hydrogen-bond acceptors (Lipinski definition) is 6. The minimum absolute atomic E-state index is 0.193. The molecule has 0 aliphatic carbocycles. The molecule has 1 saturated heterocycles. The monoisotopic (exact) mass is 334 g/mol. The van der Waals surface area contributed by atoms with E-state index >= 15 is 0 Å². The van der Waals surface area contributed by atoms with E-state index < -0.39 is 10.8 Å². The Balaban J connectivity index is 1.96. The Kier molecular flexibility index (Phi) is 4.34. The fourth-order valence-electron chi connectivity index (χ4n) is 3.09. The minimum Gasteiger partial charge on any atom is -0.393 e. The van der Waals surface area contributed by atoms with Gasteiger partial charge in [-0.2, -0.15) is 5.10 Å². The van der Waals surface area contributed by atoms with Crippen molar-refractivity contribution in [2.45, 2.75) is 31.4 Å². The van der Waals surface area contributed by atoms with Crippen molar-refractivity contribution in [1.82, 2.24) is 19.7 Å². The van der Waals surface area contributed by atoms with Crippen molar-refractivity contribution in [1.29, 1.82) is 0 Å². The number of hydrogen-bond donors (Lipinski definition) is 1. The van der Waals surface area contributed by atoms with Crippen LogP contribution in [0.3, 0.4) is 0 Å². The van der Waals surface area contributed by atoms with Gasteiger partial charge in [-0.15, -0.1) is 0 Å². The molecule has 0 radical (unpaired) electrons. The number of aromatic nitrogens is 4. The van der Waals surface area contributed by atoms with Crippen molar-refractivity contribution in [3.05, 3.63) is 24.8 Å². The second-order valence-corrected chi connectivity index (χ2v) is 7.71. The molecular weight excluding hydrogens is 312 g/mol. The first-order valence-corrected chi connectivity index (χ1v) is 9.17. The van der Waals surface area contributed by atoms with E-state index in [9.17, 15) is 4.21 Å². The number of rotatable bonds is 4. The van der Waals surface area contributed by atoms with Crippen molar-refractivity contribution >= 4 is 22.3 Å². The predicted octanol–water partition coefficient (Wildman–Crippen LogP) is 1.37. The first-order valence-electron chi connectivity index (χ1n) is 7.85. The Morgan fingerprint density at radius 1 is 1.30 bits per heavy atom. The molecule has 1 atom stereocenters. The van der Waals surface area contributed by atoms with Gasteiger partial charge in [0.25, 0.3) is 0 Å². The van der Waals surface area contributed by atoms with E-state index in [0.717, 1.165) is 12.8 Å². The van der Waals surface area contributed by atoms with Crippen LogP contribution in [-0.2, 0) is 10.8 Å². The smallest absolute Gasteiger partial charge is 0.181 e. The van der Waals surface area contributed by atoms with Crippen LogP contribution in [0.25, 0.3) is 5.82 Å². The van der Waals surface area contributed by atoms with E-state index in [1.165, 1.54) is 6.33 Å². The zero-order valence-electron chi connectivity index (χ0n) is 13.5. The molecule has 124 valence electrons. The molecule has 1 unspecified atom stereocenters. The van der Waals surface area contributed by atoms with Gasteiger partial charge in [-0.3, -0.25) is 4.21 Å². The molecule has 0 bridgehead atoms. The van der Waals surface area contributed by atoms with Crippen LogP contribution in [0.1, 0.15) is 26.7 Å². The van der Waals surface area contributed by atoms with Crippen molar-refractivity contribution < 1.29 is 4.21 Å². The van der Waals surface area contributed by atoms with E-state index in [2.05, 4.69) is 33.8 Å². The van der Waals surface area contributed by atoms with Gasteiger partial charge >= 0.3 is 0 Å². The van der Waals surface area contributed by atoms with Gasteiger partial charge in [0.2, 0.25) is 0 Å². The van der Waals surface area contributed by atoms with E-state index in [1.54, 1.807) is 17.1 Å². The highest BCUT2D eigenvalue weighted by atomic mass is 32.2. The molecule has 2 N–H and O–H groups in total. The third kappa shape index (κ3) is 2.71. The standard InChI is InChI=1S/C15H22N6OS/c1-3-15(4-2)10-20(8-9-23(15)22)13-12(16)14(18-11-17-13)21-7-5-6-19-21/h5-7,11H,3-4,8-10,16H2,1-2H3. The molecule has 0 spiro atoms. The Bertz CT molecular complexity index is 698. The minimum atomic E-state index is -0.816. The Morgan fingerprint density at radius 3 is 2.70 bits per heavy atom. The zero-order chi connectivity index (χ0) is 16.4. The van der Waals surface area contributed by atoms with Crippen molar-refractivity contribution in [3.8, 4) is 5.82 Å². The molecule has 0 amide bonds. The van der Waals surface area contributed by atoms with Crippen molar-refractivity contribution in [3.63, 3.8) is 0 Å². The molecule has 1 fully saturated rings. The fourth-order valence-corrected chi connectivity index (χ4v) is 4.85. The van der Waals surface area contributed by atoms with Gasteiger partial charge in [-0.05, 0) is 18.9 Å². The summed E-state index contributed by atoms with van der Waals surface area (Å²) in [6.45, 7) is 5.59. The molecule has 2 aromatic heterocycles. The largest absolute Gasteiger partial charge is 0.393 e. The average Bonchev–Trinajstić information content (AvgIpc) is 3.10. The van der Waals surface area contributed by atoms with Gasteiger partial charge < -0.3 is 10.6 Å². The lowest BCUT2D eigenvalue weighted by Crippen LogP contribution is -2.53. The Labute approximate surface area is 138 Å². The maximum atomic E-state index is 12.5. The number of nitrogens with two attached hydrogens (primary N) is 1. The lowest BCUT2D eigenvalue weighted by molar-refractivity contribution is 0.494. The molecule has 7 nitrogen and oxygen atoms in total. The number of nitrogens with zero attached hydrogens (tertiary/aromatic N) is 5. The van der Waals surface area contributed by atoms with E-state index in [1.807, 2.05) is 6.07 Å². The second kappa shape index (κ2) is 6.27. The molecular formula is C15H22N6OS. The Morgan fingerprint density at radius 2 is 2.04 bits per heavy atom. The van der Waals surface area contributed by atoms with E-state index in [-0.39, 0.29) is 4.75 Å². The molecule has 23 heavy (non-hydrogen) atoms. The molecule has 3 rings (SSSR count). The Hall–Kier alpha value is -1.96. The topological polar surface area (TPSA) is 89.9 Å². The summed E-state index contributed by atoms with van der Waals surface area (Å²) in [6, 6.07) is 1.82. The van der Waals surface area contributed by atoms with Crippen LogP contribution in [0.2, 0.25) is 0 Å². The van der Waals surface area contributed by atoms with Gasteiger partial charge in [-0.1, -0.05) is 13.8 Å². The molecule has 2 aromatic rings. The van der Waals surface area contributed by atoms with Crippen LogP contribution < -0.4 is 10.6 Å². The normalized spacial score (nSPS) is 20.6. The number of nitrogen functional groups attached to an aromatic ring is 1. The molecule has 1 aliphatic rings. The highest BCUT2D eigenvalue weighted by Crippen LogP contribution is 2.33. The SMILES string of the molecule is CCC1(CC)CN(c2ncnc(-n3cccn3)c2N)CCS1=O. The quantitative estimate of drug-likeness (QED) is 0.908. The van der Waals surface area contributed by atoms with Crippen LogP contribution >= 0.6 is 0 Å². The van der Waals surface area contributed by atoms with Crippen molar-refractivity contribution in [2.24, 2.45) is 0 Å². The van der Waals surface area contributed by atoms with Crippen LogP contribution in [0.5, 0.6) is 0 Å². The molecule has 3 heterocycles. The lowest BCUT2D eigenvalue weighted by atomic mass is 10.0. The van der Waals surface area contributed by atoms with Gasteiger partial charge in [0.05, 0.1) is 4.75 Å². The van der Waals surface area contributed by atoms with Gasteiger partial charge in [0, 0.05) is 42.0 Å². The van der Waals surface area contributed by atoms with Crippen LogP contribution in [-0.4, -0.2) is 47.5 Å². The predicted molar refractivity (Wildman–Crippen MR) is 92.1 cm³/mol. The summed E-state index contributed by atoms with van der Waals surface area (Å²) in [6.07, 6.45) is 6.75. The maximum Gasteiger partial charge on any atom is 0.181 e. The summed E-state index contributed by atoms with van der Waals surface area (Å²) in [5.74, 6) is 1.92. The fraction of sp³-hybridized carbons (Fsp3) is 0.533. The van der Waals surface area contributed by atoms with Gasteiger partial charge in [0.1, 0.15) is 12.0 Å². The summed E-state index contributed by atoms with van der Waals surface area (Å²) in [7, 11) is -0.816. The van der Waals surface area contributed by atoms with Crippen LogP contribution in [0, 0.1) is 0 Å². The molecule has 8 heteroatoms. The first-order chi connectivity index (χ1) is 11.1. The number of anilines is 2. The first kappa shape index (κ1) is 15.9. The zero-order valence-corrected chi connectivity index (χ0v) is 14.3. The molecule has 1 aliphatic heterocycles. The van der Waals surface area contributed by atoms with Gasteiger partial charge in [0.15, 0.2) is 11.6 Å². The van der Waals surface area contributed by atoms with Crippen LogP contribution in [0.15, 0.2) is 24.8 Å². The maximum absolute atomic E-state index is 12.5. The third-order valence-electron chi connectivity index (χ3n) is 4.66. The van der Waals surface area contributed by atoms with E-state index in [4.69, 9.17) is 5.73 Å². The lowest BCUT2D eigenvalue weighted by Gasteiger charge is -2.41. The molecule has 0 aromatic carbocycles. The summed E-state index contributed by atoms with van der Waals surface area (Å²) < 4.78 is 13.9. The summed E-state index contributed by atoms with van der Waals surface area (Å²) in [4.78, 5) is 10.8. The average molecular weight is 334 g/mol. The van der Waals surface area contributed by atoms with E-state index in [0.29, 0.717) is 36.2 Å². The molecule has 0 saturated carbocycles. The van der Waals surface area contributed by atoms with Gasteiger partial charge in [-0.25, -0.2) is 14.6 Å². The summed E-state index contributed by atoms with van der Waals surface area (Å²) in [5, 5.41) is 4.19. The third-order valence-corrected chi connectivity index (χ3v) is 6.89. The second-order valence-electron chi connectivity index (χ2n) is 5.75. The summed E-state index contributed by atoms with van der Waals surface area (Å²) >= 11 is 0. The summed E-state index contributed by atoms with van der Waals surface area (Å²) in [5.41, 5.74) is 6.81. The highest BCUT2D eigenvalue weighted by Gasteiger charge is 2.39.